The van der Waals surface area contributed by atoms with Crippen LogP contribution in [-0.4, -0.2) is 39.2 Å². The van der Waals surface area contributed by atoms with Crippen LogP contribution >= 0.6 is 0 Å². The Kier molecular flexibility index (Phi) is 3.29. The van der Waals surface area contributed by atoms with E-state index in [1.54, 1.807) is 0 Å². The van der Waals surface area contributed by atoms with Gasteiger partial charge in [0.25, 0.3) is 0 Å². The van der Waals surface area contributed by atoms with Gasteiger partial charge in [-0.15, -0.1) is 0 Å². The molecule has 0 aromatic heterocycles. The van der Waals surface area contributed by atoms with Crippen molar-refractivity contribution >= 4 is 23.9 Å². The third-order valence-corrected chi connectivity index (χ3v) is 3.39. The van der Waals surface area contributed by atoms with Crippen molar-refractivity contribution in [3.05, 3.63) is 0 Å². The minimum atomic E-state index is -2.06. The minimum absolute atomic E-state index is 0.981. The lowest BCUT2D eigenvalue weighted by molar-refractivity contribution is -0.211. The molecule has 18 heavy (non-hydrogen) atoms. The Morgan fingerprint density at radius 3 is 1.83 bits per heavy atom. The maximum atomic E-state index is 11.3. The molecular formula is C9H11NO8. The van der Waals surface area contributed by atoms with E-state index in [0.29, 0.717) is 0 Å². The quantitative estimate of drug-likeness (QED) is 0.442. The van der Waals surface area contributed by atoms with Gasteiger partial charge in [0.1, 0.15) is 0 Å². The van der Waals surface area contributed by atoms with Crippen LogP contribution in [0.15, 0.2) is 0 Å². The summed E-state index contributed by atoms with van der Waals surface area (Å²) in [4.78, 5) is 48.2. The van der Waals surface area contributed by atoms with Crippen molar-refractivity contribution in [2.45, 2.75) is 6.92 Å². The summed E-state index contributed by atoms with van der Waals surface area (Å²) in [5, 5.41) is 26.8. The van der Waals surface area contributed by atoms with E-state index in [9.17, 15) is 19.2 Å². The van der Waals surface area contributed by atoms with Gasteiger partial charge in [-0.2, -0.15) is 5.90 Å². The van der Waals surface area contributed by atoms with Gasteiger partial charge < -0.3 is 20.2 Å². The monoisotopic (exact) mass is 261 g/mol. The zero-order valence-electron chi connectivity index (χ0n) is 9.19. The summed E-state index contributed by atoms with van der Waals surface area (Å²) in [6, 6.07) is 0. The predicted molar refractivity (Wildman–Crippen MR) is 51.8 cm³/mol. The van der Waals surface area contributed by atoms with E-state index in [1.165, 1.54) is 0 Å². The van der Waals surface area contributed by atoms with Gasteiger partial charge in [-0.05, 0) is 6.92 Å². The molecule has 1 saturated carbocycles. The Labute approximate surface area is 100 Å². The lowest BCUT2D eigenvalue weighted by atomic mass is 9.47. The highest BCUT2D eigenvalue weighted by Gasteiger charge is 2.72. The molecule has 4 unspecified atom stereocenters. The molecule has 0 spiro atoms. The largest absolute Gasteiger partial charge is 0.481 e. The van der Waals surface area contributed by atoms with Crippen molar-refractivity contribution < 1.29 is 39.3 Å². The first-order chi connectivity index (χ1) is 8.19. The fourth-order valence-electron chi connectivity index (χ4n) is 2.44. The molecule has 1 aliphatic rings. The minimum Gasteiger partial charge on any atom is -0.481 e. The molecule has 0 bridgehead atoms. The summed E-state index contributed by atoms with van der Waals surface area (Å²) in [5.41, 5.74) is -2.06. The maximum absolute atomic E-state index is 11.3. The van der Waals surface area contributed by atoms with Gasteiger partial charge in [0, 0.05) is 0 Å². The molecule has 0 amide bonds. The molecule has 0 aliphatic heterocycles. The second-order valence-electron chi connectivity index (χ2n) is 4.18. The van der Waals surface area contributed by atoms with Gasteiger partial charge in [0.15, 0.2) is 0 Å². The van der Waals surface area contributed by atoms with Crippen molar-refractivity contribution in [3.63, 3.8) is 0 Å². The average molecular weight is 261 g/mol. The first-order valence-corrected chi connectivity index (χ1v) is 4.79. The van der Waals surface area contributed by atoms with Gasteiger partial charge >= 0.3 is 23.9 Å². The Balaban J connectivity index is 3.28. The van der Waals surface area contributed by atoms with Crippen LogP contribution in [0.3, 0.4) is 0 Å². The van der Waals surface area contributed by atoms with E-state index in [1.807, 2.05) is 0 Å². The number of carbonyl (C=O) groups excluding carboxylic acids is 1. The van der Waals surface area contributed by atoms with E-state index < -0.39 is 47.0 Å². The first-order valence-electron chi connectivity index (χ1n) is 4.79. The molecule has 4 atom stereocenters. The Hall–Kier alpha value is -2.16. The molecular weight excluding hydrogens is 250 g/mol. The number of nitrogens with two attached hydrogens (primary N) is 1. The van der Waals surface area contributed by atoms with Crippen molar-refractivity contribution in [3.8, 4) is 0 Å². The number of aliphatic carboxylic acids is 3. The highest BCUT2D eigenvalue weighted by Crippen LogP contribution is 2.56. The normalized spacial score (nSPS) is 34.2. The van der Waals surface area contributed by atoms with Crippen LogP contribution in [0.4, 0.5) is 0 Å². The van der Waals surface area contributed by atoms with Gasteiger partial charge in [0.05, 0.1) is 23.2 Å². The summed E-state index contributed by atoms with van der Waals surface area (Å²) >= 11 is 0. The lowest BCUT2D eigenvalue weighted by Gasteiger charge is -2.50. The molecule has 0 radical (unpaired) electrons. The number of hydrogen-bond acceptors (Lipinski definition) is 6. The summed E-state index contributed by atoms with van der Waals surface area (Å²) in [6.07, 6.45) is 0. The molecule has 9 nitrogen and oxygen atoms in total. The molecule has 0 aromatic rings. The van der Waals surface area contributed by atoms with Crippen molar-refractivity contribution in [1.29, 1.82) is 0 Å². The van der Waals surface area contributed by atoms with Crippen LogP contribution in [0.5, 0.6) is 0 Å². The Morgan fingerprint density at radius 2 is 1.56 bits per heavy atom. The SMILES string of the molecule is CC1(C(=O)O)C(C(=O)O)C(C(=O)O)C1C(=O)ON. The van der Waals surface area contributed by atoms with E-state index in [0.717, 1.165) is 6.92 Å². The molecule has 0 aromatic carbocycles. The fraction of sp³-hybridized carbons (Fsp3) is 0.556. The maximum Gasteiger partial charge on any atom is 0.329 e. The molecule has 0 saturated heterocycles. The number of carbonyl (C=O) groups is 4. The van der Waals surface area contributed by atoms with E-state index >= 15 is 0 Å². The first kappa shape index (κ1) is 13.9. The standard InChI is InChI=1S/C9H11NO8/c1-9(8(16)17)3(6(13)14)2(5(11)12)4(9)7(15)18-10/h2-4H,10H2,1H3,(H,11,12)(H,13,14)(H,16,17). The number of hydrogen-bond donors (Lipinski definition) is 4. The van der Waals surface area contributed by atoms with Gasteiger partial charge in [-0.1, -0.05) is 0 Å². The highest BCUT2D eigenvalue weighted by atomic mass is 16.7. The Bertz CT molecular complexity index is 432. The lowest BCUT2D eigenvalue weighted by Crippen LogP contribution is -2.67. The number of carboxylic acids is 3. The van der Waals surface area contributed by atoms with Crippen LogP contribution in [0.25, 0.3) is 0 Å². The predicted octanol–water partition coefficient (Wildman–Crippen LogP) is -1.47. The third-order valence-electron chi connectivity index (χ3n) is 3.39. The average Bonchev–Trinajstić information content (AvgIpc) is 2.23. The molecule has 5 N–H and O–H groups in total. The number of rotatable bonds is 4. The van der Waals surface area contributed by atoms with Crippen LogP contribution in [0.1, 0.15) is 6.92 Å². The van der Waals surface area contributed by atoms with E-state index in [4.69, 9.17) is 15.3 Å². The van der Waals surface area contributed by atoms with Crippen molar-refractivity contribution in [2.24, 2.45) is 29.1 Å². The number of carboxylic acid groups (broad SMARTS) is 3. The molecule has 1 rings (SSSR count). The fourth-order valence-corrected chi connectivity index (χ4v) is 2.44. The highest BCUT2D eigenvalue weighted by molar-refractivity contribution is 5.98. The molecule has 1 fully saturated rings. The van der Waals surface area contributed by atoms with E-state index in [-0.39, 0.29) is 0 Å². The second-order valence-corrected chi connectivity index (χ2v) is 4.18. The summed E-state index contributed by atoms with van der Waals surface area (Å²) < 4.78 is 0. The molecule has 100 valence electrons. The van der Waals surface area contributed by atoms with E-state index in [2.05, 4.69) is 10.7 Å². The molecule has 1 aliphatic carbocycles. The Morgan fingerprint density at radius 1 is 1.06 bits per heavy atom. The second kappa shape index (κ2) is 4.26. The van der Waals surface area contributed by atoms with Crippen LogP contribution in [-0.2, 0) is 24.0 Å². The zero-order chi connectivity index (χ0) is 14.2. The van der Waals surface area contributed by atoms with Crippen molar-refractivity contribution in [1.82, 2.24) is 0 Å². The van der Waals surface area contributed by atoms with Gasteiger partial charge in [-0.25, -0.2) is 0 Å². The van der Waals surface area contributed by atoms with Crippen LogP contribution in [0.2, 0.25) is 0 Å². The summed E-state index contributed by atoms with van der Waals surface area (Å²) in [7, 11) is 0. The topological polar surface area (TPSA) is 164 Å². The van der Waals surface area contributed by atoms with Crippen LogP contribution < -0.4 is 5.90 Å². The third kappa shape index (κ3) is 1.59. The van der Waals surface area contributed by atoms with Crippen LogP contribution in [0, 0.1) is 23.2 Å². The van der Waals surface area contributed by atoms with Gasteiger partial charge in [0.2, 0.25) is 0 Å². The molecule has 0 heterocycles. The van der Waals surface area contributed by atoms with Gasteiger partial charge in [-0.3, -0.25) is 19.2 Å². The zero-order valence-corrected chi connectivity index (χ0v) is 9.19. The summed E-state index contributed by atoms with van der Waals surface area (Å²) in [6.45, 7) is 0.981. The van der Waals surface area contributed by atoms with Crippen molar-refractivity contribution in [2.75, 3.05) is 0 Å². The smallest absolute Gasteiger partial charge is 0.329 e. The summed E-state index contributed by atoms with van der Waals surface area (Å²) in [5.74, 6) is -6.49. The molecule has 9 heteroatoms.